The van der Waals surface area contributed by atoms with Crippen LogP contribution in [0.5, 0.6) is 5.75 Å². The second-order valence-electron chi connectivity index (χ2n) is 14.6. The number of para-hydroxylation sites is 1. The van der Waals surface area contributed by atoms with Crippen LogP contribution < -0.4 is 20.7 Å². The zero-order chi connectivity index (χ0) is 37.0. The van der Waals surface area contributed by atoms with E-state index in [0.717, 1.165) is 17.4 Å². The first-order valence-electron chi connectivity index (χ1n) is 17.5. The molecule has 2 bridgehead atoms. The fraction of sp³-hybridized carbons (Fsp3) is 0.571. The molecule has 1 unspecified atom stereocenters. The molecule has 15 nitrogen and oxygen atoms in total. The molecule has 2 aliphatic heterocycles. The molecule has 5 heterocycles. The summed E-state index contributed by atoms with van der Waals surface area (Å²) in [6.45, 7) is 6.61. The van der Waals surface area contributed by atoms with Gasteiger partial charge in [0.05, 0.1) is 54.0 Å². The average Bonchev–Trinajstić information content (AvgIpc) is 3.38. The molecule has 0 radical (unpaired) electrons. The normalized spacial score (nSPS) is 21.7. The van der Waals surface area contributed by atoms with Crippen LogP contribution in [0.15, 0.2) is 46.2 Å². The van der Waals surface area contributed by atoms with Gasteiger partial charge in [0.25, 0.3) is 11.5 Å². The van der Waals surface area contributed by atoms with Crippen molar-refractivity contribution in [2.24, 2.45) is 0 Å². The Balaban J connectivity index is 1.38. The summed E-state index contributed by atoms with van der Waals surface area (Å²) in [5.41, 5.74) is -2.26. The minimum Gasteiger partial charge on any atom is -0.491 e. The van der Waals surface area contributed by atoms with Crippen LogP contribution in [0.3, 0.4) is 0 Å². The van der Waals surface area contributed by atoms with Crippen LogP contribution >= 0.6 is 11.3 Å². The summed E-state index contributed by atoms with van der Waals surface area (Å²) in [6, 6.07) is 7.44. The molecule has 1 N–H and O–H groups in total. The molecule has 7 rings (SSSR count). The van der Waals surface area contributed by atoms with Gasteiger partial charge in [-0.2, -0.15) is 10.2 Å². The van der Waals surface area contributed by atoms with E-state index >= 15 is 0 Å². The first kappa shape index (κ1) is 36.5. The van der Waals surface area contributed by atoms with Crippen LogP contribution in [0.2, 0.25) is 0 Å². The lowest BCUT2D eigenvalue weighted by molar-refractivity contribution is -0.126. The van der Waals surface area contributed by atoms with Crippen LogP contribution in [0.4, 0.5) is 0 Å². The summed E-state index contributed by atoms with van der Waals surface area (Å²) in [7, 11) is -2.48. The van der Waals surface area contributed by atoms with Crippen molar-refractivity contribution in [2.75, 3.05) is 20.3 Å². The average molecular weight is 757 g/mol. The number of fused-ring (bicyclic) bond motifs is 3. The smallest absolute Gasteiger partial charge is 0.333 e. The van der Waals surface area contributed by atoms with Gasteiger partial charge in [-0.05, 0) is 72.3 Å². The number of methoxy groups -OCH3 is 1. The molecule has 1 saturated carbocycles. The van der Waals surface area contributed by atoms with E-state index < -0.39 is 43.6 Å². The molecule has 52 heavy (non-hydrogen) atoms. The molecule has 1 aliphatic carbocycles. The van der Waals surface area contributed by atoms with Crippen molar-refractivity contribution in [2.45, 2.75) is 107 Å². The summed E-state index contributed by atoms with van der Waals surface area (Å²) < 4.78 is 54.0. The molecule has 1 aromatic carbocycles. The van der Waals surface area contributed by atoms with E-state index in [1.165, 1.54) is 46.9 Å². The predicted octanol–water partition coefficient (Wildman–Crippen LogP) is 3.34. The number of nitrogens with one attached hydrogen (secondary N) is 1. The Hall–Kier alpha value is -3.90. The molecule has 2 saturated heterocycles. The number of rotatable bonds is 14. The van der Waals surface area contributed by atoms with Gasteiger partial charge in [-0.1, -0.05) is 29.5 Å². The summed E-state index contributed by atoms with van der Waals surface area (Å²) in [5, 5.41) is 9.24. The topological polar surface area (TPSA) is 175 Å². The molecule has 1 amide bonds. The maximum atomic E-state index is 14.8. The van der Waals surface area contributed by atoms with Crippen molar-refractivity contribution < 1.29 is 32.2 Å². The first-order valence-corrected chi connectivity index (χ1v) is 19.8. The zero-order valence-corrected chi connectivity index (χ0v) is 31.5. The van der Waals surface area contributed by atoms with Crippen molar-refractivity contribution >= 4 is 37.5 Å². The van der Waals surface area contributed by atoms with Crippen molar-refractivity contribution in [3.63, 3.8) is 0 Å². The number of thiophene rings is 1. The van der Waals surface area contributed by atoms with Crippen molar-refractivity contribution in [3.05, 3.63) is 68.6 Å². The minimum absolute atomic E-state index is 0.0625. The maximum absolute atomic E-state index is 14.8. The number of hydrogen-bond acceptors (Lipinski definition) is 12. The molecule has 17 heteroatoms. The number of nitrogens with zero attached hydrogens (tertiary/aromatic N) is 5. The van der Waals surface area contributed by atoms with Gasteiger partial charge in [0.1, 0.15) is 33.8 Å². The molecule has 4 atom stereocenters. The van der Waals surface area contributed by atoms with Gasteiger partial charge in [-0.25, -0.2) is 17.8 Å². The lowest BCUT2D eigenvalue weighted by Gasteiger charge is -2.33. The fourth-order valence-electron chi connectivity index (χ4n) is 7.06. The number of ether oxygens (including phenoxy) is 4. The van der Waals surface area contributed by atoms with Gasteiger partial charge in [0.2, 0.25) is 10.0 Å². The second kappa shape index (κ2) is 13.8. The largest absolute Gasteiger partial charge is 0.491 e. The number of carbonyl (C=O) groups excluding carboxylic acids is 1. The van der Waals surface area contributed by atoms with Gasteiger partial charge < -0.3 is 18.9 Å². The summed E-state index contributed by atoms with van der Waals surface area (Å²) in [4.78, 5) is 44.9. The third kappa shape index (κ3) is 6.61. The monoisotopic (exact) mass is 756 g/mol. The molecule has 0 spiro atoms. The molecule has 3 fully saturated rings. The highest BCUT2D eigenvalue weighted by atomic mass is 32.2. The van der Waals surface area contributed by atoms with E-state index in [0.29, 0.717) is 59.0 Å². The van der Waals surface area contributed by atoms with Gasteiger partial charge in [0, 0.05) is 18.2 Å². The van der Waals surface area contributed by atoms with Gasteiger partial charge in [-0.3, -0.25) is 18.9 Å². The van der Waals surface area contributed by atoms with Crippen LogP contribution in [-0.2, 0) is 41.1 Å². The SMILES string of the molecule is COCCOc1ccccc1[C@H](Cn1c(=O)n(C(C)(C)C(=O)NS(=O)(=O)C2(C)CC2)c(=O)c2c(C)c(-n3nccn3)sc21)OC1C[C@H]2CC[C@@H](C1)O2. The van der Waals surface area contributed by atoms with Crippen LogP contribution in [-0.4, -0.2) is 81.8 Å². The van der Waals surface area contributed by atoms with Crippen molar-refractivity contribution in [1.29, 1.82) is 0 Å². The molecule has 3 aromatic heterocycles. The highest BCUT2D eigenvalue weighted by Crippen LogP contribution is 2.43. The standard InChI is InChI=1S/C35H44N6O9S2/c1-21-28-29(42)40(34(2,3)32(43)38-52(45,46)35(4)12-13-35)33(44)39(31(28)51-30(21)41-36-14-15-37-41)20-27(50-24-18-22-10-11-23(19-24)49-22)25-8-6-7-9-26(25)48-17-16-47-5/h6-9,14-15,22-24,27H,10-13,16-20H2,1-5H3,(H,38,43)/t22-,23+,24?,27-/m0/s1. The molecular weight excluding hydrogens is 713 g/mol. The Morgan fingerprint density at radius 3 is 2.44 bits per heavy atom. The summed E-state index contributed by atoms with van der Waals surface area (Å²) in [6.07, 6.45) is 6.39. The van der Waals surface area contributed by atoms with Crippen molar-refractivity contribution in [3.8, 4) is 10.8 Å². The number of carbonyl (C=O) groups is 1. The number of aryl methyl sites for hydroxylation is 1. The van der Waals surface area contributed by atoms with Crippen LogP contribution in [0.1, 0.15) is 76.5 Å². The molecule has 3 aliphatic rings. The number of benzene rings is 1. The Morgan fingerprint density at radius 2 is 1.79 bits per heavy atom. The molecular formula is C35H44N6O9S2. The van der Waals surface area contributed by atoms with Crippen LogP contribution in [0, 0.1) is 6.92 Å². The number of hydrogen-bond donors (Lipinski definition) is 1. The highest BCUT2D eigenvalue weighted by Gasteiger charge is 2.52. The Bertz CT molecular complexity index is 2190. The van der Waals surface area contributed by atoms with Crippen LogP contribution in [0.25, 0.3) is 15.2 Å². The first-order chi connectivity index (χ1) is 24.7. The number of aromatic nitrogens is 5. The molecule has 280 valence electrons. The van der Waals surface area contributed by atoms with Gasteiger partial charge in [0.15, 0.2) is 0 Å². The van der Waals surface area contributed by atoms with E-state index in [1.54, 1.807) is 21.0 Å². The Kier molecular flexibility index (Phi) is 9.69. The maximum Gasteiger partial charge on any atom is 0.333 e. The van der Waals surface area contributed by atoms with E-state index in [9.17, 15) is 22.8 Å². The Morgan fingerprint density at radius 1 is 1.12 bits per heavy atom. The van der Waals surface area contributed by atoms with E-state index in [4.69, 9.17) is 18.9 Å². The predicted molar refractivity (Wildman–Crippen MR) is 193 cm³/mol. The highest BCUT2D eigenvalue weighted by molar-refractivity contribution is 7.91. The minimum atomic E-state index is -4.07. The number of sulfonamides is 1. The summed E-state index contributed by atoms with van der Waals surface area (Å²) >= 11 is 1.17. The van der Waals surface area contributed by atoms with Crippen molar-refractivity contribution in [1.82, 2.24) is 28.9 Å². The zero-order valence-electron chi connectivity index (χ0n) is 29.9. The lowest BCUT2D eigenvalue weighted by Crippen LogP contribution is -2.57. The fourth-order valence-corrected chi connectivity index (χ4v) is 9.66. The van der Waals surface area contributed by atoms with E-state index in [1.807, 2.05) is 24.3 Å². The van der Waals surface area contributed by atoms with Gasteiger partial charge >= 0.3 is 5.69 Å². The van der Waals surface area contributed by atoms with E-state index in [2.05, 4.69) is 14.9 Å². The number of amides is 1. The second-order valence-corrected chi connectivity index (χ2v) is 17.7. The third-order valence-electron chi connectivity index (χ3n) is 10.5. The van der Waals surface area contributed by atoms with E-state index in [-0.39, 0.29) is 36.8 Å². The quantitative estimate of drug-likeness (QED) is 0.187. The van der Waals surface area contributed by atoms with Gasteiger partial charge in [-0.15, -0.1) is 4.80 Å². The third-order valence-corrected chi connectivity index (χ3v) is 13.9. The molecule has 4 aromatic rings. The Labute approximate surface area is 304 Å². The lowest BCUT2D eigenvalue weighted by atomic mass is 10.0. The summed E-state index contributed by atoms with van der Waals surface area (Å²) in [5.74, 6) is -0.436.